The van der Waals surface area contributed by atoms with Gasteiger partial charge < -0.3 is 15.4 Å². The Morgan fingerprint density at radius 1 is 1.12 bits per heavy atom. The van der Waals surface area contributed by atoms with E-state index in [9.17, 15) is 24.4 Å². The van der Waals surface area contributed by atoms with Crippen molar-refractivity contribution in [3.8, 4) is 6.07 Å². The molecule has 0 saturated carbocycles. The first kappa shape index (κ1) is 29.7. The van der Waals surface area contributed by atoms with Crippen molar-refractivity contribution in [2.75, 3.05) is 6.54 Å². The first-order valence-electron chi connectivity index (χ1n) is 13.8. The molecule has 41 heavy (non-hydrogen) atoms. The van der Waals surface area contributed by atoms with Crippen molar-refractivity contribution < 1.29 is 23.9 Å². The number of ether oxygens (including phenoxy) is 1. The van der Waals surface area contributed by atoms with Gasteiger partial charge in [0.05, 0.1) is 17.3 Å². The molecule has 2 aliphatic heterocycles. The third-order valence-electron chi connectivity index (χ3n) is 7.46. The van der Waals surface area contributed by atoms with E-state index in [0.717, 1.165) is 5.39 Å². The van der Waals surface area contributed by atoms with Crippen LogP contribution in [0.1, 0.15) is 64.8 Å². The van der Waals surface area contributed by atoms with Gasteiger partial charge in [-0.05, 0) is 57.2 Å². The van der Waals surface area contributed by atoms with Crippen LogP contribution in [-0.2, 0) is 23.9 Å². The Balaban J connectivity index is 1.73. The highest BCUT2D eigenvalue weighted by Gasteiger charge is 2.37. The van der Waals surface area contributed by atoms with E-state index < -0.39 is 53.3 Å². The molecular weight excluding hydrogens is 524 g/mol. The van der Waals surface area contributed by atoms with Gasteiger partial charge in [-0.3, -0.25) is 24.2 Å². The summed E-state index contributed by atoms with van der Waals surface area (Å²) in [6.45, 7) is 8.62. The Bertz CT molecular complexity index is 1430. The lowest BCUT2D eigenvalue weighted by Gasteiger charge is -2.35. The molecule has 2 aromatic rings. The Labute approximate surface area is 239 Å². The zero-order valence-corrected chi connectivity index (χ0v) is 23.9. The highest BCUT2D eigenvalue weighted by molar-refractivity contribution is 5.95. The Kier molecular flexibility index (Phi) is 8.73. The van der Waals surface area contributed by atoms with Gasteiger partial charge in [0.25, 0.3) is 5.91 Å². The molecule has 5 atom stereocenters. The van der Waals surface area contributed by atoms with Crippen LogP contribution in [0.4, 0.5) is 0 Å². The summed E-state index contributed by atoms with van der Waals surface area (Å²) < 4.78 is 5.73. The van der Waals surface area contributed by atoms with E-state index in [4.69, 9.17) is 4.74 Å². The molecule has 3 N–H and O–H groups in total. The summed E-state index contributed by atoms with van der Waals surface area (Å²) in [4.78, 5) is 57.4. The lowest BCUT2D eigenvalue weighted by Crippen LogP contribution is -2.61. The second-order valence-electron chi connectivity index (χ2n) is 11.2. The average molecular weight is 561 g/mol. The number of nitrogens with one attached hydrogen (secondary N) is 3. The molecule has 1 unspecified atom stereocenters. The first-order valence-corrected chi connectivity index (χ1v) is 13.8. The molecule has 5 bridgehead atoms. The van der Waals surface area contributed by atoms with Gasteiger partial charge in [-0.2, -0.15) is 5.26 Å². The number of amides is 3. The van der Waals surface area contributed by atoms with E-state index in [1.807, 2.05) is 30.3 Å². The van der Waals surface area contributed by atoms with Crippen molar-refractivity contribution in [1.29, 1.82) is 5.26 Å². The number of hydrogen-bond acceptors (Lipinski definition) is 8. The second kappa shape index (κ2) is 12.1. The number of hydrazine groups is 1. The standard InChI is InChI=1S/C30H36N6O5/c1-17(2)25-26(37)32-18(3)27(38)36-14-6-7-23(35-36)28(39)41-19(4)22-11-10-21-9-8-20(15-24(21)33-22)12-13-30(5,16-31)29(40)34-25/h8-13,15,17-19,23,25,35H,6-7,14H2,1-5H3,(H,32,37)(H,34,40)/t18-,19+,23-,25-,30?/m0/s1. The molecule has 0 spiro atoms. The number of aromatic nitrogens is 1. The molecule has 3 heterocycles. The van der Waals surface area contributed by atoms with Crippen LogP contribution in [0, 0.1) is 22.7 Å². The Morgan fingerprint density at radius 2 is 1.85 bits per heavy atom. The van der Waals surface area contributed by atoms with Gasteiger partial charge in [-0.25, -0.2) is 10.4 Å². The first-order chi connectivity index (χ1) is 19.4. The number of pyridine rings is 1. The monoisotopic (exact) mass is 560 g/mol. The third-order valence-corrected chi connectivity index (χ3v) is 7.46. The van der Waals surface area contributed by atoms with Crippen LogP contribution in [0.5, 0.6) is 0 Å². The number of nitrogens with zero attached hydrogens (tertiary/aromatic N) is 3. The maximum atomic E-state index is 13.3. The van der Waals surface area contributed by atoms with E-state index in [1.54, 1.807) is 39.8 Å². The number of rotatable bonds is 1. The number of nitriles is 1. The van der Waals surface area contributed by atoms with Gasteiger partial charge >= 0.3 is 5.97 Å². The van der Waals surface area contributed by atoms with Crippen LogP contribution < -0.4 is 16.1 Å². The highest BCUT2D eigenvalue weighted by atomic mass is 16.5. The van der Waals surface area contributed by atoms with E-state index in [2.05, 4.69) is 21.0 Å². The number of benzene rings is 1. The van der Waals surface area contributed by atoms with Gasteiger partial charge in [0.1, 0.15) is 24.2 Å². The summed E-state index contributed by atoms with van der Waals surface area (Å²) in [6, 6.07) is 8.59. The Hall–Kier alpha value is -4.30. The predicted octanol–water partition coefficient (Wildman–Crippen LogP) is 2.54. The molecule has 11 heteroatoms. The largest absolute Gasteiger partial charge is 0.455 e. The molecule has 4 rings (SSSR count). The molecule has 216 valence electrons. The molecule has 3 amide bonds. The maximum absolute atomic E-state index is 13.3. The quantitative estimate of drug-likeness (QED) is 0.450. The van der Waals surface area contributed by atoms with Crippen molar-refractivity contribution in [2.24, 2.45) is 11.3 Å². The molecule has 11 nitrogen and oxygen atoms in total. The normalized spacial score (nSPS) is 28.2. The lowest BCUT2D eigenvalue weighted by molar-refractivity contribution is -0.157. The minimum atomic E-state index is -1.58. The zero-order chi connectivity index (χ0) is 29.9. The number of carbonyl (C=O) groups excluding carboxylic acids is 4. The summed E-state index contributed by atoms with van der Waals surface area (Å²) >= 11 is 0. The third kappa shape index (κ3) is 6.55. The zero-order valence-electron chi connectivity index (χ0n) is 23.9. The molecule has 1 aromatic heterocycles. The highest BCUT2D eigenvalue weighted by Crippen LogP contribution is 2.25. The molecule has 2 aliphatic rings. The number of hydrogen-bond donors (Lipinski definition) is 3. The number of cyclic esters (lactones) is 1. The van der Waals surface area contributed by atoms with Crippen molar-refractivity contribution in [2.45, 2.75) is 71.7 Å². The average Bonchev–Trinajstić information content (AvgIpc) is 2.96. The van der Waals surface area contributed by atoms with Gasteiger partial charge in [-0.15, -0.1) is 0 Å². The van der Waals surface area contributed by atoms with Gasteiger partial charge in [0, 0.05) is 11.9 Å². The van der Waals surface area contributed by atoms with Crippen LogP contribution in [0.25, 0.3) is 17.0 Å². The topological polar surface area (TPSA) is 154 Å². The van der Waals surface area contributed by atoms with Crippen molar-refractivity contribution in [1.82, 2.24) is 26.1 Å². The molecule has 0 radical (unpaired) electrons. The van der Waals surface area contributed by atoms with Crippen LogP contribution in [0.15, 0.2) is 36.4 Å². The number of carbonyl (C=O) groups is 4. The fourth-order valence-electron chi connectivity index (χ4n) is 4.76. The van der Waals surface area contributed by atoms with Gasteiger partial charge in [0.2, 0.25) is 11.8 Å². The van der Waals surface area contributed by atoms with Gasteiger partial charge in [-0.1, -0.05) is 44.2 Å². The molecule has 0 aliphatic carbocycles. The van der Waals surface area contributed by atoms with Crippen molar-refractivity contribution in [3.63, 3.8) is 0 Å². The minimum Gasteiger partial charge on any atom is -0.455 e. The summed E-state index contributed by atoms with van der Waals surface area (Å²) in [5, 5.41) is 17.5. The molecule has 1 saturated heterocycles. The number of esters is 1. The molecule has 1 aromatic carbocycles. The van der Waals surface area contributed by atoms with Crippen LogP contribution in [0.2, 0.25) is 0 Å². The Morgan fingerprint density at radius 3 is 2.56 bits per heavy atom. The van der Waals surface area contributed by atoms with Crippen molar-refractivity contribution >= 4 is 40.7 Å². The summed E-state index contributed by atoms with van der Waals surface area (Å²) in [6.07, 6.45) is 3.55. The van der Waals surface area contributed by atoms with Crippen molar-refractivity contribution in [3.05, 3.63) is 47.7 Å². The van der Waals surface area contributed by atoms with Crippen LogP contribution in [-0.4, -0.2) is 58.4 Å². The van der Waals surface area contributed by atoms with E-state index in [1.165, 1.54) is 18.0 Å². The molecular formula is C30H36N6O5. The SMILES string of the molecule is CC(C)[C@@H]1NC(=O)C(C)(C#N)C=Cc2ccc3ccc(nc3c2)[C@@H](C)OC(=O)[C@@H]2CCCN(N2)C(=O)[C@H](C)NC1=O. The predicted molar refractivity (Wildman–Crippen MR) is 151 cm³/mol. The summed E-state index contributed by atoms with van der Waals surface area (Å²) in [7, 11) is 0. The fourth-order valence-corrected chi connectivity index (χ4v) is 4.76. The second-order valence-corrected chi connectivity index (χ2v) is 11.2. The van der Waals surface area contributed by atoms with E-state index in [0.29, 0.717) is 36.2 Å². The summed E-state index contributed by atoms with van der Waals surface area (Å²) in [5.41, 5.74) is 3.29. The number of fused-ring (bicyclic) bond motifs is 4. The van der Waals surface area contributed by atoms with E-state index in [-0.39, 0.29) is 5.92 Å². The smallest absolute Gasteiger partial charge is 0.325 e. The lowest BCUT2D eigenvalue weighted by atomic mass is 9.89. The summed E-state index contributed by atoms with van der Waals surface area (Å²) in [5.74, 6) is -2.46. The van der Waals surface area contributed by atoms with E-state index >= 15 is 0 Å². The van der Waals surface area contributed by atoms with Gasteiger partial charge in [0.15, 0.2) is 5.41 Å². The fraction of sp³-hybridized carbons (Fsp3) is 0.467. The minimum absolute atomic E-state index is 0.329. The van der Waals surface area contributed by atoms with Crippen LogP contribution in [0.3, 0.4) is 0 Å². The maximum Gasteiger partial charge on any atom is 0.325 e. The molecule has 1 fully saturated rings. The van der Waals surface area contributed by atoms with Crippen LogP contribution >= 0.6 is 0 Å².